The Bertz CT molecular complexity index is 422. The second kappa shape index (κ2) is 8.68. The summed E-state index contributed by atoms with van der Waals surface area (Å²) in [6.45, 7) is 0. The molecule has 1 saturated carbocycles. The number of carbonyl (C=O) groups excluding carboxylic acids is 2. The van der Waals surface area contributed by atoms with Crippen molar-refractivity contribution < 1.29 is 14.3 Å². The molecule has 0 radical (unpaired) electrons. The van der Waals surface area contributed by atoms with E-state index in [0.717, 1.165) is 11.2 Å². The second-order valence-corrected chi connectivity index (χ2v) is 4.92. The number of benzene rings is 1. The Morgan fingerprint density at radius 1 is 1.32 bits per heavy atom. The monoisotopic (exact) mass is 282 g/mol. The average molecular weight is 282 g/mol. The number of nitrogens with one attached hydrogen (secondary N) is 2. The van der Waals surface area contributed by atoms with E-state index in [-0.39, 0.29) is 0 Å². The van der Waals surface area contributed by atoms with Gasteiger partial charge < -0.3 is 10.1 Å². The zero-order valence-electron chi connectivity index (χ0n) is 11.0. The molecular weight excluding hydrogens is 264 g/mol. The molecule has 2 N–H and O–H groups in total. The first-order chi connectivity index (χ1) is 9.24. The normalized spacial score (nSPS) is 13.2. The molecule has 19 heavy (non-hydrogen) atoms. The number of hydrogen-bond donors (Lipinski definition) is 2. The van der Waals surface area contributed by atoms with Gasteiger partial charge in [-0.25, -0.2) is 0 Å². The Balaban J connectivity index is 0.000000550. The van der Waals surface area contributed by atoms with E-state index in [1.54, 1.807) is 26.4 Å². The van der Waals surface area contributed by atoms with Gasteiger partial charge in [0.2, 0.25) is 6.41 Å². The van der Waals surface area contributed by atoms with Crippen LogP contribution in [-0.2, 0) is 9.53 Å². The van der Waals surface area contributed by atoms with Gasteiger partial charge in [-0.05, 0) is 36.9 Å². The summed E-state index contributed by atoms with van der Waals surface area (Å²) >= 11 is 1.49. The van der Waals surface area contributed by atoms with Gasteiger partial charge in [-0.1, -0.05) is 6.07 Å². The minimum absolute atomic E-state index is 0.556. The Kier molecular flexibility index (Phi) is 7.17. The van der Waals surface area contributed by atoms with Crippen LogP contribution in [0, 0.1) is 0 Å². The van der Waals surface area contributed by atoms with Crippen molar-refractivity contribution in [3.05, 3.63) is 23.8 Å². The molecule has 0 spiro atoms. The molecule has 1 amide bonds. The Morgan fingerprint density at radius 3 is 2.53 bits per heavy atom. The highest BCUT2D eigenvalue weighted by molar-refractivity contribution is 7.97. The van der Waals surface area contributed by atoms with Crippen LogP contribution in [0.3, 0.4) is 0 Å². The zero-order valence-corrected chi connectivity index (χ0v) is 11.8. The average Bonchev–Trinajstić information content (AvgIpc) is 3.22. The van der Waals surface area contributed by atoms with E-state index in [4.69, 9.17) is 0 Å². The predicted molar refractivity (Wildman–Crippen MR) is 76.5 cm³/mol. The summed E-state index contributed by atoms with van der Waals surface area (Å²) in [7, 11) is 3.25. The summed E-state index contributed by atoms with van der Waals surface area (Å²) in [6, 6.07) is 5.81. The molecule has 0 heterocycles. The molecule has 1 fully saturated rings. The quantitative estimate of drug-likeness (QED) is 0.618. The summed E-state index contributed by atoms with van der Waals surface area (Å²) < 4.78 is 7.53. The summed E-state index contributed by atoms with van der Waals surface area (Å²) in [5.41, 5.74) is 1.22. The number of rotatable bonds is 6. The molecular formula is C13H18N2O3S. The topological polar surface area (TPSA) is 67.4 Å². The van der Waals surface area contributed by atoms with Gasteiger partial charge in [0.25, 0.3) is 0 Å². The van der Waals surface area contributed by atoms with Crippen molar-refractivity contribution in [1.82, 2.24) is 4.72 Å². The molecule has 0 aliphatic heterocycles. The van der Waals surface area contributed by atoms with E-state index in [1.807, 2.05) is 6.07 Å². The van der Waals surface area contributed by atoms with Crippen molar-refractivity contribution in [2.75, 3.05) is 19.5 Å². The second-order valence-electron chi connectivity index (χ2n) is 4.04. The van der Waals surface area contributed by atoms with Gasteiger partial charge >= 0.3 is 0 Å². The first-order valence-electron chi connectivity index (χ1n) is 5.87. The fourth-order valence-corrected chi connectivity index (χ4v) is 2.13. The molecule has 5 nitrogen and oxygen atoms in total. The van der Waals surface area contributed by atoms with Crippen LogP contribution in [0.25, 0.3) is 0 Å². The molecule has 0 atom stereocenters. The maximum atomic E-state index is 10.6. The van der Waals surface area contributed by atoms with Gasteiger partial charge in [-0.15, -0.1) is 0 Å². The first kappa shape index (κ1) is 15.7. The fourth-order valence-electron chi connectivity index (χ4n) is 1.23. The first-order valence-corrected chi connectivity index (χ1v) is 6.68. The largest absolute Gasteiger partial charge is 0.388 e. The summed E-state index contributed by atoms with van der Waals surface area (Å²) in [6.07, 6.45) is 3.79. The molecule has 1 aromatic carbocycles. The molecule has 0 unspecified atom stereocenters. The number of ether oxygens (including phenoxy) is 1. The lowest BCUT2D eigenvalue weighted by atomic mass is 10.2. The molecule has 1 aromatic rings. The molecule has 0 aromatic heterocycles. The van der Waals surface area contributed by atoms with Crippen LogP contribution in [0.1, 0.15) is 23.2 Å². The minimum atomic E-state index is 0.556. The maximum Gasteiger partial charge on any atom is 0.211 e. The van der Waals surface area contributed by atoms with Crippen LogP contribution in [0.4, 0.5) is 5.69 Å². The van der Waals surface area contributed by atoms with Crippen molar-refractivity contribution >= 4 is 30.3 Å². The highest BCUT2D eigenvalue weighted by Gasteiger charge is 2.21. The van der Waals surface area contributed by atoms with Crippen LogP contribution in [-0.4, -0.2) is 33.0 Å². The number of hydrogen-bond acceptors (Lipinski definition) is 5. The van der Waals surface area contributed by atoms with Gasteiger partial charge in [0.15, 0.2) is 0 Å². The summed E-state index contributed by atoms with van der Waals surface area (Å²) in [4.78, 5) is 22.0. The van der Waals surface area contributed by atoms with E-state index in [0.29, 0.717) is 23.7 Å². The Labute approximate surface area is 117 Å². The highest BCUT2D eigenvalue weighted by Crippen LogP contribution is 2.29. The van der Waals surface area contributed by atoms with Gasteiger partial charge in [0.05, 0.1) is 5.69 Å². The standard InChI is InChI=1S/C11H12N2O2S.C2H6O/c14-6-8-1-4-11(10(5-8)12-7-15)16-13-9-2-3-9;1-3-2/h1,4-7,9,13H,2-3H2,(H,12,15);1-2H3. The van der Waals surface area contributed by atoms with E-state index >= 15 is 0 Å². The number of aldehydes is 1. The summed E-state index contributed by atoms with van der Waals surface area (Å²) in [5, 5.41) is 2.59. The molecule has 0 saturated heterocycles. The zero-order chi connectivity index (χ0) is 14.1. The van der Waals surface area contributed by atoms with Crippen LogP contribution in [0.2, 0.25) is 0 Å². The van der Waals surface area contributed by atoms with Crippen LogP contribution in [0.5, 0.6) is 0 Å². The fraction of sp³-hybridized carbons (Fsp3) is 0.385. The van der Waals surface area contributed by atoms with E-state index in [9.17, 15) is 9.59 Å². The lowest BCUT2D eigenvalue weighted by Crippen LogP contribution is -2.06. The van der Waals surface area contributed by atoms with Crippen LogP contribution >= 0.6 is 11.9 Å². The predicted octanol–water partition coefficient (Wildman–Crippen LogP) is 2.09. The number of amides is 1. The number of anilines is 1. The third kappa shape index (κ3) is 5.87. The van der Waals surface area contributed by atoms with Gasteiger partial charge in [0, 0.05) is 30.7 Å². The molecule has 1 aliphatic rings. The Morgan fingerprint density at radius 2 is 2.00 bits per heavy atom. The van der Waals surface area contributed by atoms with E-state index in [2.05, 4.69) is 14.8 Å². The molecule has 104 valence electrons. The van der Waals surface area contributed by atoms with Crippen molar-refractivity contribution in [3.63, 3.8) is 0 Å². The number of methoxy groups -OCH3 is 1. The summed E-state index contributed by atoms with van der Waals surface area (Å²) in [5.74, 6) is 0. The number of carbonyl (C=O) groups is 2. The van der Waals surface area contributed by atoms with Crippen molar-refractivity contribution in [1.29, 1.82) is 0 Å². The lowest BCUT2D eigenvalue weighted by molar-refractivity contribution is -0.105. The third-order valence-electron chi connectivity index (χ3n) is 2.27. The SMILES string of the molecule is COC.O=CNc1cc(C=O)ccc1SNC1CC1. The van der Waals surface area contributed by atoms with E-state index < -0.39 is 0 Å². The molecule has 2 rings (SSSR count). The lowest BCUT2D eigenvalue weighted by Gasteiger charge is -2.08. The van der Waals surface area contributed by atoms with E-state index in [1.165, 1.54) is 24.8 Å². The highest BCUT2D eigenvalue weighted by atomic mass is 32.2. The molecule has 1 aliphatic carbocycles. The smallest absolute Gasteiger partial charge is 0.211 e. The maximum absolute atomic E-state index is 10.6. The van der Waals surface area contributed by atoms with Crippen molar-refractivity contribution in [2.45, 2.75) is 23.8 Å². The van der Waals surface area contributed by atoms with Gasteiger partial charge in [-0.3, -0.25) is 14.3 Å². The molecule has 6 heteroatoms. The molecule has 0 bridgehead atoms. The van der Waals surface area contributed by atoms with Crippen LogP contribution in [0.15, 0.2) is 23.1 Å². The van der Waals surface area contributed by atoms with Crippen LogP contribution < -0.4 is 10.0 Å². The minimum Gasteiger partial charge on any atom is -0.388 e. The Hall–Kier alpha value is -1.37. The van der Waals surface area contributed by atoms with Gasteiger partial charge in [-0.2, -0.15) is 0 Å². The third-order valence-corrected chi connectivity index (χ3v) is 3.29. The van der Waals surface area contributed by atoms with Crippen molar-refractivity contribution in [2.24, 2.45) is 0 Å². The van der Waals surface area contributed by atoms with Gasteiger partial charge in [0.1, 0.15) is 6.29 Å². The van der Waals surface area contributed by atoms with Crippen molar-refractivity contribution in [3.8, 4) is 0 Å².